The molecule has 18 heavy (non-hydrogen) atoms. The molecule has 3 nitrogen and oxygen atoms in total. The summed E-state index contributed by atoms with van der Waals surface area (Å²) >= 11 is 0. The van der Waals surface area contributed by atoms with Gasteiger partial charge in [0.25, 0.3) is 0 Å². The smallest absolute Gasteiger partial charge is 0.0207 e. The molecule has 2 fully saturated rings. The Morgan fingerprint density at radius 3 is 2.67 bits per heavy atom. The maximum atomic E-state index is 3.66. The molecule has 0 aromatic heterocycles. The molecule has 0 aliphatic carbocycles. The van der Waals surface area contributed by atoms with Crippen molar-refractivity contribution in [3.05, 3.63) is 0 Å². The van der Waals surface area contributed by atoms with Crippen LogP contribution >= 0.6 is 0 Å². The van der Waals surface area contributed by atoms with E-state index < -0.39 is 0 Å². The van der Waals surface area contributed by atoms with Gasteiger partial charge in [0, 0.05) is 31.7 Å². The van der Waals surface area contributed by atoms with Crippen LogP contribution < -0.4 is 5.32 Å². The van der Waals surface area contributed by atoms with Crippen molar-refractivity contribution in [3.8, 4) is 0 Å². The lowest BCUT2D eigenvalue weighted by molar-refractivity contribution is 0.151. The van der Waals surface area contributed by atoms with Crippen LogP contribution in [-0.4, -0.2) is 61.2 Å². The first-order valence-electron chi connectivity index (χ1n) is 7.99. The van der Waals surface area contributed by atoms with Gasteiger partial charge in [-0.1, -0.05) is 13.3 Å². The van der Waals surface area contributed by atoms with Crippen molar-refractivity contribution in [1.29, 1.82) is 0 Å². The molecule has 0 radical (unpaired) electrons. The highest BCUT2D eigenvalue weighted by molar-refractivity contribution is 4.85. The third kappa shape index (κ3) is 4.22. The molecule has 2 saturated heterocycles. The molecule has 0 aromatic rings. The van der Waals surface area contributed by atoms with Gasteiger partial charge >= 0.3 is 0 Å². The molecular weight excluding hydrogens is 222 g/mol. The van der Waals surface area contributed by atoms with Crippen LogP contribution in [-0.2, 0) is 0 Å². The van der Waals surface area contributed by atoms with E-state index in [-0.39, 0.29) is 0 Å². The van der Waals surface area contributed by atoms with Crippen molar-refractivity contribution >= 4 is 0 Å². The lowest BCUT2D eigenvalue weighted by atomic mass is 10.1. The summed E-state index contributed by atoms with van der Waals surface area (Å²) in [4.78, 5) is 5.35. The summed E-state index contributed by atoms with van der Waals surface area (Å²) in [6, 6.07) is 1.48. The third-order valence-corrected chi connectivity index (χ3v) is 4.50. The Labute approximate surface area is 113 Å². The Balaban J connectivity index is 1.67. The predicted octanol–water partition coefficient (Wildman–Crippen LogP) is 1.93. The van der Waals surface area contributed by atoms with Gasteiger partial charge in [-0.15, -0.1) is 0 Å². The minimum Gasteiger partial charge on any atom is -0.313 e. The maximum absolute atomic E-state index is 3.66. The molecule has 3 heteroatoms. The number of nitrogens with one attached hydrogen (secondary N) is 1. The fourth-order valence-corrected chi connectivity index (χ4v) is 3.33. The van der Waals surface area contributed by atoms with Crippen molar-refractivity contribution in [2.75, 3.05) is 39.3 Å². The SMILES string of the molecule is CCCNC1CCN(C(C)CN2CCCCC2)C1. The Morgan fingerprint density at radius 2 is 1.94 bits per heavy atom. The van der Waals surface area contributed by atoms with Crippen molar-refractivity contribution < 1.29 is 0 Å². The minimum atomic E-state index is 0.733. The number of likely N-dealkylation sites (tertiary alicyclic amines) is 2. The van der Waals surface area contributed by atoms with Crippen LogP contribution in [0.3, 0.4) is 0 Å². The Kier molecular flexibility index (Phi) is 5.93. The summed E-state index contributed by atoms with van der Waals surface area (Å²) < 4.78 is 0. The predicted molar refractivity (Wildman–Crippen MR) is 78.0 cm³/mol. The normalized spacial score (nSPS) is 28.7. The number of rotatable bonds is 6. The highest BCUT2D eigenvalue weighted by atomic mass is 15.2. The molecule has 2 unspecified atom stereocenters. The maximum Gasteiger partial charge on any atom is 0.0207 e. The van der Waals surface area contributed by atoms with Crippen LogP contribution in [0.15, 0.2) is 0 Å². The van der Waals surface area contributed by atoms with Crippen LogP contribution in [0.5, 0.6) is 0 Å². The molecule has 2 aliphatic heterocycles. The second-order valence-corrected chi connectivity index (χ2v) is 6.14. The molecule has 2 atom stereocenters. The number of nitrogens with zero attached hydrogens (tertiary/aromatic N) is 2. The number of hydrogen-bond acceptors (Lipinski definition) is 3. The first-order valence-corrected chi connectivity index (χ1v) is 7.99. The monoisotopic (exact) mass is 253 g/mol. The zero-order valence-corrected chi connectivity index (χ0v) is 12.3. The molecule has 2 heterocycles. The highest BCUT2D eigenvalue weighted by Crippen LogP contribution is 2.15. The summed E-state index contributed by atoms with van der Waals surface area (Å²) in [6.07, 6.45) is 6.85. The second kappa shape index (κ2) is 7.46. The summed E-state index contributed by atoms with van der Waals surface area (Å²) in [5.41, 5.74) is 0. The van der Waals surface area contributed by atoms with Crippen molar-refractivity contribution in [2.24, 2.45) is 0 Å². The van der Waals surface area contributed by atoms with Crippen LogP contribution in [0, 0.1) is 0 Å². The first-order chi connectivity index (χ1) is 8.79. The summed E-state index contributed by atoms with van der Waals surface area (Å²) in [5, 5.41) is 3.66. The minimum absolute atomic E-state index is 0.733. The Hall–Kier alpha value is -0.120. The molecule has 0 amide bonds. The number of piperidine rings is 1. The largest absolute Gasteiger partial charge is 0.313 e. The van der Waals surface area contributed by atoms with Crippen molar-refractivity contribution in [2.45, 2.75) is 58.0 Å². The van der Waals surface area contributed by atoms with Gasteiger partial charge in [-0.05, 0) is 52.2 Å². The zero-order chi connectivity index (χ0) is 12.8. The van der Waals surface area contributed by atoms with E-state index in [9.17, 15) is 0 Å². The zero-order valence-electron chi connectivity index (χ0n) is 12.3. The number of hydrogen-bond donors (Lipinski definition) is 1. The van der Waals surface area contributed by atoms with Crippen molar-refractivity contribution in [3.63, 3.8) is 0 Å². The van der Waals surface area contributed by atoms with E-state index in [1.54, 1.807) is 0 Å². The molecule has 0 aromatic carbocycles. The third-order valence-electron chi connectivity index (χ3n) is 4.50. The summed E-state index contributed by atoms with van der Waals surface area (Å²) in [6.45, 7) is 12.3. The summed E-state index contributed by atoms with van der Waals surface area (Å²) in [5.74, 6) is 0. The van der Waals surface area contributed by atoms with Crippen molar-refractivity contribution in [1.82, 2.24) is 15.1 Å². The van der Waals surface area contributed by atoms with E-state index in [0.29, 0.717) is 0 Å². The topological polar surface area (TPSA) is 18.5 Å². The molecule has 0 spiro atoms. The summed E-state index contributed by atoms with van der Waals surface area (Å²) in [7, 11) is 0. The van der Waals surface area contributed by atoms with Crippen LogP contribution in [0.4, 0.5) is 0 Å². The molecule has 2 aliphatic rings. The molecule has 1 N–H and O–H groups in total. The first kappa shape index (κ1) is 14.3. The van der Waals surface area contributed by atoms with Gasteiger partial charge in [0.1, 0.15) is 0 Å². The van der Waals surface area contributed by atoms with Gasteiger partial charge in [0.15, 0.2) is 0 Å². The molecule has 2 rings (SSSR count). The van der Waals surface area contributed by atoms with Gasteiger partial charge in [0.05, 0.1) is 0 Å². The van der Waals surface area contributed by atoms with Crippen LogP contribution in [0.25, 0.3) is 0 Å². The van der Waals surface area contributed by atoms with Gasteiger partial charge < -0.3 is 10.2 Å². The van der Waals surface area contributed by atoms with E-state index in [4.69, 9.17) is 0 Å². The molecular formula is C15H31N3. The quantitative estimate of drug-likeness (QED) is 0.780. The van der Waals surface area contributed by atoms with Gasteiger partial charge in [-0.2, -0.15) is 0 Å². The van der Waals surface area contributed by atoms with Gasteiger partial charge in [-0.3, -0.25) is 4.90 Å². The molecule has 106 valence electrons. The standard InChI is InChI=1S/C15H31N3/c1-3-8-16-15-7-11-18(13-15)14(2)12-17-9-5-4-6-10-17/h14-16H,3-13H2,1-2H3. The van der Waals surface area contributed by atoms with E-state index in [0.717, 1.165) is 12.1 Å². The van der Waals surface area contributed by atoms with Gasteiger partial charge in [0.2, 0.25) is 0 Å². The lowest BCUT2D eigenvalue weighted by Gasteiger charge is -2.33. The van der Waals surface area contributed by atoms with Gasteiger partial charge in [-0.25, -0.2) is 0 Å². The van der Waals surface area contributed by atoms with Crippen LogP contribution in [0.1, 0.15) is 46.0 Å². The average Bonchev–Trinajstić information content (AvgIpc) is 2.86. The fourth-order valence-electron chi connectivity index (χ4n) is 3.33. The second-order valence-electron chi connectivity index (χ2n) is 6.14. The average molecular weight is 253 g/mol. The van der Waals surface area contributed by atoms with E-state index in [2.05, 4.69) is 29.0 Å². The Bertz CT molecular complexity index is 226. The van der Waals surface area contributed by atoms with E-state index in [1.807, 2.05) is 0 Å². The fraction of sp³-hybridized carbons (Fsp3) is 1.00. The molecule has 0 bridgehead atoms. The Morgan fingerprint density at radius 1 is 1.17 bits per heavy atom. The highest BCUT2D eigenvalue weighted by Gasteiger charge is 2.26. The van der Waals surface area contributed by atoms with E-state index in [1.165, 1.54) is 71.4 Å². The molecule has 0 saturated carbocycles. The van der Waals surface area contributed by atoms with E-state index >= 15 is 0 Å². The lowest BCUT2D eigenvalue weighted by Crippen LogP contribution is -2.44. The van der Waals surface area contributed by atoms with Crippen LogP contribution in [0.2, 0.25) is 0 Å².